The predicted octanol–water partition coefficient (Wildman–Crippen LogP) is 5.30. The Morgan fingerprint density at radius 3 is 2.38 bits per heavy atom. The Bertz CT molecular complexity index is 1270. The van der Waals surface area contributed by atoms with Crippen molar-refractivity contribution in [3.8, 4) is 0 Å². The summed E-state index contributed by atoms with van der Waals surface area (Å²) in [6.45, 7) is 1.23. The van der Waals surface area contributed by atoms with Gasteiger partial charge in [-0.15, -0.1) is 0 Å². The molecule has 0 unspecified atom stereocenters. The molecule has 0 aromatic heterocycles. The van der Waals surface area contributed by atoms with Gasteiger partial charge in [-0.1, -0.05) is 59.1 Å². The Morgan fingerprint density at radius 1 is 1.00 bits per heavy atom. The standard InChI is InChI=1S/C22H18Cl3N3O3S/c1-15-11-17(23)8-10-21(15)28(32(30,31)18-5-3-2-4-6-18)14-22(29)27-26-13-16-7-9-19(24)20(25)12-16/h2-13H,14H2,1H3,(H,27,29)/b26-13+. The van der Waals surface area contributed by atoms with Crippen LogP contribution in [0.5, 0.6) is 0 Å². The first-order chi connectivity index (χ1) is 15.2. The third-order valence-corrected chi connectivity index (χ3v) is 7.14. The number of carbonyl (C=O) groups is 1. The monoisotopic (exact) mass is 509 g/mol. The van der Waals surface area contributed by atoms with E-state index in [2.05, 4.69) is 10.5 Å². The van der Waals surface area contributed by atoms with E-state index in [0.717, 1.165) is 4.31 Å². The summed E-state index contributed by atoms with van der Waals surface area (Å²) in [6, 6.07) is 17.5. The molecule has 0 aliphatic heterocycles. The lowest BCUT2D eigenvalue weighted by atomic mass is 10.2. The third-order valence-electron chi connectivity index (χ3n) is 4.39. The molecule has 0 atom stereocenters. The van der Waals surface area contributed by atoms with Crippen LogP contribution in [0.25, 0.3) is 0 Å². The van der Waals surface area contributed by atoms with Gasteiger partial charge in [-0.25, -0.2) is 13.8 Å². The summed E-state index contributed by atoms with van der Waals surface area (Å²) in [5.74, 6) is -0.629. The van der Waals surface area contributed by atoms with Gasteiger partial charge in [0.05, 0.1) is 26.8 Å². The molecule has 3 aromatic rings. The highest BCUT2D eigenvalue weighted by Gasteiger charge is 2.28. The minimum atomic E-state index is -4.03. The smallest absolute Gasteiger partial charge is 0.264 e. The molecule has 0 heterocycles. The molecule has 10 heteroatoms. The van der Waals surface area contributed by atoms with Crippen molar-refractivity contribution in [2.45, 2.75) is 11.8 Å². The second-order valence-electron chi connectivity index (χ2n) is 6.72. The van der Waals surface area contributed by atoms with Crippen molar-refractivity contribution in [2.24, 2.45) is 5.10 Å². The molecule has 0 saturated carbocycles. The minimum Gasteiger partial charge on any atom is -0.271 e. The van der Waals surface area contributed by atoms with Crippen LogP contribution in [0.2, 0.25) is 15.1 Å². The number of halogens is 3. The van der Waals surface area contributed by atoms with Gasteiger partial charge in [0.2, 0.25) is 0 Å². The van der Waals surface area contributed by atoms with Crippen molar-refractivity contribution in [3.05, 3.63) is 92.9 Å². The van der Waals surface area contributed by atoms with E-state index in [1.807, 2.05) is 0 Å². The van der Waals surface area contributed by atoms with Crippen molar-refractivity contribution >= 4 is 62.6 Å². The van der Waals surface area contributed by atoms with Gasteiger partial charge in [0, 0.05) is 5.02 Å². The van der Waals surface area contributed by atoms with Crippen LogP contribution in [0, 0.1) is 6.92 Å². The fourth-order valence-corrected chi connectivity index (χ4v) is 4.90. The molecule has 3 rings (SSSR count). The van der Waals surface area contributed by atoms with Crippen molar-refractivity contribution < 1.29 is 13.2 Å². The molecule has 0 fully saturated rings. The second-order valence-corrected chi connectivity index (χ2v) is 9.84. The lowest BCUT2D eigenvalue weighted by molar-refractivity contribution is -0.119. The van der Waals surface area contributed by atoms with Gasteiger partial charge in [-0.3, -0.25) is 9.10 Å². The molecule has 166 valence electrons. The number of hydrogen-bond acceptors (Lipinski definition) is 4. The lowest BCUT2D eigenvalue weighted by Gasteiger charge is -2.25. The van der Waals surface area contributed by atoms with Gasteiger partial charge < -0.3 is 0 Å². The van der Waals surface area contributed by atoms with Crippen molar-refractivity contribution in [1.29, 1.82) is 0 Å². The molecule has 3 aromatic carbocycles. The van der Waals surface area contributed by atoms with E-state index in [9.17, 15) is 13.2 Å². The summed E-state index contributed by atoms with van der Waals surface area (Å²) < 4.78 is 27.7. The number of sulfonamides is 1. The number of aryl methyl sites for hydroxylation is 1. The van der Waals surface area contributed by atoms with Gasteiger partial charge in [0.1, 0.15) is 6.54 Å². The number of rotatable bonds is 7. The van der Waals surface area contributed by atoms with E-state index in [1.54, 1.807) is 61.5 Å². The molecule has 0 saturated heterocycles. The van der Waals surface area contributed by atoms with E-state index >= 15 is 0 Å². The number of hydrogen-bond donors (Lipinski definition) is 1. The van der Waals surface area contributed by atoms with Crippen LogP contribution in [-0.4, -0.2) is 27.1 Å². The van der Waals surface area contributed by atoms with Gasteiger partial charge in [-0.05, 0) is 60.5 Å². The van der Waals surface area contributed by atoms with Crippen LogP contribution in [0.15, 0.2) is 76.7 Å². The first-order valence-corrected chi connectivity index (χ1v) is 11.9. The molecular weight excluding hydrogens is 493 g/mol. The maximum absolute atomic E-state index is 13.3. The van der Waals surface area contributed by atoms with Gasteiger partial charge in [0.15, 0.2) is 0 Å². The zero-order valence-electron chi connectivity index (χ0n) is 16.8. The topological polar surface area (TPSA) is 78.8 Å². The zero-order chi connectivity index (χ0) is 23.3. The highest BCUT2D eigenvalue weighted by molar-refractivity contribution is 7.92. The van der Waals surface area contributed by atoms with Crippen LogP contribution in [0.1, 0.15) is 11.1 Å². The average molecular weight is 511 g/mol. The van der Waals surface area contributed by atoms with E-state index in [0.29, 0.717) is 31.9 Å². The first-order valence-electron chi connectivity index (χ1n) is 9.29. The van der Waals surface area contributed by atoms with Crippen molar-refractivity contribution in [2.75, 3.05) is 10.8 Å². The van der Waals surface area contributed by atoms with Crippen LogP contribution < -0.4 is 9.73 Å². The molecule has 0 aliphatic carbocycles. The Hall–Kier alpha value is -2.58. The average Bonchev–Trinajstić information content (AvgIpc) is 2.75. The predicted molar refractivity (Wildman–Crippen MR) is 129 cm³/mol. The van der Waals surface area contributed by atoms with E-state index in [1.165, 1.54) is 18.3 Å². The van der Waals surface area contributed by atoms with Crippen LogP contribution in [-0.2, 0) is 14.8 Å². The number of anilines is 1. The van der Waals surface area contributed by atoms with E-state index in [4.69, 9.17) is 34.8 Å². The summed E-state index contributed by atoms with van der Waals surface area (Å²) in [4.78, 5) is 12.6. The number of amides is 1. The molecule has 0 spiro atoms. The lowest BCUT2D eigenvalue weighted by Crippen LogP contribution is -2.40. The highest BCUT2D eigenvalue weighted by Crippen LogP contribution is 2.28. The molecule has 0 bridgehead atoms. The molecule has 6 nitrogen and oxygen atoms in total. The summed E-state index contributed by atoms with van der Waals surface area (Å²) in [6.07, 6.45) is 1.38. The van der Waals surface area contributed by atoms with Crippen molar-refractivity contribution in [3.63, 3.8) is 0 Å². The summed E-state index contributed by atoms with van der Waals surface area (Å²) in [7, 11) is -4.03. The largest absolute Gasteiger partial charge is 0.271 e. The normalized spacial score (nSPS) is 11.5. The molecular formula is C22H18Cl3N3O3S. The number of nitrogens with one attached hydrogen (secondary N) is 1. The van der Waals surface area contributed by atoms with Gasteiger partial charge in [-0.2, -0.15) is 5.10 Å². The van der Waals surface area contributed by atoms with Crippen molar-refractivity contribution in [1.82, 2.24) is 5.43 Å². The fraction of sp³-hybridized carbons (Fsp3) is 0.0909. The molecule has 0 aliphatic rings. The van der Waals surface area contributed by atoms with Crippen LogP contribution in [0.4, 0.5) is 5.69 Å². The first kappa shape index (κ1) is 24.1. The maximum Gasteiger partial charge on any atom is 0.264 e. The Balaban J connectivity index is 1.86. The number of hydrazone groups is 1. The van der Waals surface area contributed by atoms with E-state index in [-0.39, 0.29) is 4.90 Å². The SMILES string of the molecule is Cc1cc(Cl)ccc1N(CC(=O)N/N=C/c1ccc(Cl)c(Cl)c1)S(=O)(=O)c1ccccc1. The molecule has 1 amide bonds. The number of nitrogens with zero attached hydrogens (tertiary/aromatic N) is 2. The van der Waals surface area contributed by atoms with Crippen LogP contribution >= 0.6 is 34.8 Å². The minimum absolute atomic E-state index is 0.0569. The number of benzene rings is 3. The van der Waals surface area contributed by atoms with Crippen LogP contribution in [0.3, 0.4) is 0 Å². The summed E-state index contributed by atoms with van der Waals surface area (Å²) in [5, 5.41) is 5.08. The third kappa shape index (κ3) is 5.81. The Morgan fingerprint density at radius 2 is 1.72 bits per heavy atom. The maximum atomic E-state index is 13.3. The molecule has 1 N–H and O–H groups in total. The second kappa shape index (κ2) is 10.4. The highest BCUT2D eigenvalue weighted by atomic mass is 35.5. The Labute approximate surface area is 201 Å². The number of carbonyl (C=O) groups excluding carboxylic acids is 1. The van der Waals surface area contributed by atoms with Gasteiger partial charge >= 0.3 is 0 Å². The summed E-state index contributed by atoms with van der Waals surface area (Å²) in [5.41, 5.74) is 3.89. The van der Waals surface area contributed by atoms with E-state index < -0.39 is 22.5 Å². The van der Waals surface area contributed by atoms with Gasteiger partial charge in [0.25, 0.3) is 15.9 Å². The summed E-state index contributed by atoms with van der Waals surface area (Å²) >= 11 is 17.9. The fourth-order valence-electron chi connectivity index (χ4n) is 2.86. The molecule has 32 heavy (non-hydrogen) atoms. The molecule has 0 radical (unpaired) electrons. The Kier molecular flexibility index (Phi) is 7.79. The quantitative estimate of drug-likeness (QED) is 0.346. The zero-order valence-corrected chi connectivity index (χ0v) is 19.9.